The summed E-state index contributed by atoms with van der Waals surface area (Å²) in [5.74, 6) is 1.99. The van der Waals surface area contributed by atoms with E-state index in [9.17, 15) is 10.2 Å². The zero-order chi connectivity index (χ0) is 20.3. The van der Waals surface area contributed by atoms with Crippen molar-refractivity contribution in [1.82, 2.24) is 0 Å². The number of benzene rings is 2. The number of aliphatic hydroxyl groups excluding tert-OH is 1. The number of aliphatic hydroxyl groups is 1. The molecule has 4 atom stereocenters. The molecular weight excluding hydrogens is 376 g/mol. The Kier molecular flexibility index (Phi) is 4.03. The molecule has 152 valence electrons. The first-order chi connectivity index (χ1) is 14.0. The van der Waals surface area contributed by atoms with Crippen molar-refractivity contribution in [1.29, 1.82) is 0 Å². The van der Waals surface area contributed by atoms with Crippen LogP contribution in [-0.4, -0.2) is 37.8 Å². The highest BCUT2D eigenvalue weighted by Gasteiger charge is 2.49. The van der Waals surface area contributed by atoms with Gasteiger partial charge in [-0.25, -0.2) is 0 Å². The molecule has 2 N–H and O–H groups in total. The van der Waals surface area contributed by atoms with Gasteiger partial charge in [-0.1, -0.05) is 6.58 Å². The Balaban J connectivity index is 1.75. The van der Waals surface area contributed by atoms with Gasteiger partial charge < -0.3 is 33.9 Å². The van der Waals surface area contributed by atoms with Crippen LogP contribution in [0, 0.1) is 11.8 Å². The van der Waals surface area contributed by atoms with Gasteiger partial charge in [-0.2, -0.15) is 0 Å². The smallest absolute Gasteiger partial charge is 0.231 e. The van der Waals surface area contributed by atoms with Gasteiger partial charge in [0.2, 0.25) is 12.5 Å². The molecule has 7 nitrogen and oxygen atoms in total. The molecule has 2 aliphatic heterocycles. The SMILES string of the molecule is C=C1OC[C@H]2[C@H]1[C@H](c1cc(OC)c(O)c(OC)c1)c1cc3c(cc1[C@H]2O)OCO3. The Bertz CT molecular complexity index is 974. The van der Waals surface area contributed by atoms with Crippen LogP contribution in [0.2, 0.25) is 0 Å². The highest BCUT2D eigenvalue weighted by atomic mass is 16.7. The molecule has 3 aliphatic rings. The molecule has 0 spiro atoms. The summed E-state index contributed by atoms with van der Waals surface area (Å²) in [5.41, 5.74) is 2.56. The number of rotatable bonds is 3. The summed E-state index contributed by atoms with van der Waals surface area (Å²) in [6.07, 6.45) is -0.707. The van der Waals surface area contributed by atoms with E-state index < -0.39 is 6.10 Å². The largest absolute Gasteiger partial charge is 0.502 e. The highest BCUT2D eigenvalue weighted by molar-refractivity contribution is 5.59. The first-order valence-electron chi connectivity index (χ1n) is 9.41. The average molecular weight is 398 g/mol. The van der Waals surface area contributed by atoms with Crippen molar-refractivity contribution in [2.75, 3.05) is 27.6 Å². The van der Waals surface area contributed by atoms with Crippen molar-refractivity contribution < 1.29 is 33.9 Å². The van der Waals surface area contributed by atoms with Gasteiger partial charge in [-0.15, -0.1) is 0 Å². The van der Waals surface area contributed by atoms with E-state index in [2.05, 4.69) is 6.58 Å². The number of hydrogen-bond acceptors (Lipinski definition) is 7. The maximum absolute atomic E-state index is 11.1. The second kappa shape index (κ2) is 6.49. The van der Waals surface area contributed by atoms with Crippen molar-refractivity contribution in [3.63, 3.8) is 0 Å². The maximum Gasteiger partial charge on any atom is 0.231 e. The molecule has 1 fully saturated rings. The third-order valence-electron chi connectivity index (χ3n) is 6.15. The van der Waals surface area contributed by atoms with E-state index in [0.717, 1.165) is 16.7 Å². The van der Waals surface area contributed by atoms with Gasteiger partial charge in [0.15, 0.2) is 23.0 Å². The Morgan fingerprint density at radius 3 is 2.21 bits per heavy atom. The van der Waals surface area contributed by atoms with Crippen LogP contribution in [0.25, 0.3) is 0 Å². The van der Waals surface area contributed by atoms with Gasteiger partial charge in [-0.3, -0.25) is 0 Å². The minimum atomic E-state index is -0.707. The first kappa shape index (κ1) is 18.0. The van der Waals surface area contributed by atoms with E-state index in [1.807, 2.05) is 12.1 Å². The summed E-state index contributed by atoms with van der Waals surface area (Å²) in [7, 11) is 2.99. The predicted octanol–water partition coefficient (Wildman–Crippen LogP) is 3.09. The van der Waals surface area contributed by atoms with E-state index in [-0.39, 0.29) is 30.3 Å². The van der Waals surface area contributed by atoms with Crippen LogP contribution in [0.1, 0.15) is 28.7 Å². The number of ether oxygens (including phenoxy) is 5. The van der Waals surface area contributed by atoms with Gasteiger partial charge in [-0.05, 0) is 41.0 Å². The Hall–Kier alpha value is -3.06. The molecule has 0 aromatic heterocycles. The van der Waals surface area contributed by atoms with Crippen molar-refractivity contribution in [3.8, 4) is 28.7 Å². The molecule has 5 rings (SSSR count). The van der Waals surface area contributed by atoms with E-state index in [0.29, 0.717) is 35.4 Å². The summed E-state index contributed by atoms with van der Waals surface area (Å²) in [6, 6.07) is 7.34. The lowest BCUT2D eigenvalue weighted by molar-refractivity contribution is 0.0687. The van der Waals surface area contributed by atoms with Gasteiger partial charge in [0, 0.05) is 17.8 Å². The third-order valence-corrected chi connectivity index (χ3v) is 6.15. The van der Waals surface area contributed by atoms with E-state index in [1.165, 1.54) is 14.2 Å². The second-order valence-corrected chi connectivity index (χ2v) is 7.50. The van der Waals surface area contributed by atoms with Crippen molar-refractivity contribution >= 4 is 0 Å². The molecule has 1 aliphatic carbocycles. The predicted molar refractivity (Wildman–Crippen MR) is 103 cm³/mol. The zero-order valence-electron chi connectivity index (χ0n) is 16.2. The molecule has 29 heavy (non-hydrogen) atoms. The Morgan fingerprint density at radius 2 is 1.59 bits per heavy atom. The molecule has 1 saturated heterocycles. The second-order valence-electron chi connectivity index (χ2n) is 7.50. The number of phenols is 1. The number of hydrogen-bond donors (Lipinski definition) is 2. The molecule has 0 radical (unpaired) electrons. The molecule has 0 unspecified atom stereocenters. The van der Waals surface area contributed by atoms with E-state index in [4.69, 9.17) is 23.7 Å². The minimum absolute atomic E-state index is 0.0569. The fourth-order valence-electron chi connectivity index (χ4n) is 4.77. The van der Waals surface area contributed by atoms with Gasteiger partial charge in [0.1, 0.15) is 0 Å². The van der Waals surface area contributed by atoms with Crippen LogP contribution in [-0.2, 0) is 4.74 Å². The lowest BCUT2D eigenvalue weighted by Gasteiger charge is -2.38. The van der Waals surface area contributed by atoms with E-state index >= 15 is 0 Å². The molecular formula is C22H22O7. The van der Waals surface area contributed by atoms with Crippen LogP contribution < -0.4 is 18.9 Å². The number of allylic oxidation sites excluding steroid dienone is 1. The van der Waals surface area contributed by atoms with Gasteiger partial charge in [0.25, 0.3) is 0 Å². The fraction of sp³-hybridized carbons (Fsp3) is 0.364. The highest BCUT2D eigenvalue weighted by Crippen LogP contribution is 2.57. The normalized spacial score (nSPS) is 26.5. The van der Waals surface area contributed by atoms with Crippen LogP contribution in [0.3, 0.4) is 0 Å². The summed E-state index contributed by atoms with van der Waals surface area (Å²) >= 11 is 0. The molecule has 0 saturated carbocycles. The average Bonchev–Trinajstić information content (AvgIpc) is 3.34. The van der Waals surface area contributed by atoms with Gasteiger partial charge >= 0.3 is 0 Å². The van der Waals surface area contributed by atoms with Crippen molar-refractivity contribution in [2.24, 2.45) is 11.8 Å². The fourth-order valence-corrected chi connectivity index (χ4v) is 4.77. The summed E-state index contributed by atoms with van der Waals surface area (Å²) in [4.78, 5) is 0. The maximum atomic E-state index is 11.1. The topological polar surface area (TPSA) is 86.6 Å². The number of aromatic hydroxyl groups is 1. The molecule has 0 amide bonds. The summed E-state index contributed by atoms with van der Waals surface area (Å²) in [6.45, 7) is 4.64. The zero-order valence-corrected chi connectivity index (χ0v) is 16.2. The monoisotopic (exact) mass is 398 g/mol. The summed E-state index contributed by atoms with van der Waals surface area (Å²) < 4.78 is 27.6. The third kappa shape index (κ3) is 2.54. The van der Waals surface area contributed by atoms with Crippen LogP contribution >= 0.6 is 0 Å². The quantitative estimate of drug-likeness (QED) is 0.822. The van der Waals surface area contributed by atoms with Crippen LogP contribution in [0.15, 0.2) is 36.6 Å². The Labute approximate surface area is 168 Å². The van der Waals surface area contributed by atoms with E-state index in [1.54, 1.807) is 12.1 Å². The molecule has 7 heteroatoms. The molecule has 2 aromatic rings. The van der Waals surface area contributed by atoms with Crippen LogP contribution in [0.5, 0.6) is 28.7 Å². The number of phenolic OH excluding ortho intramolecular Hbond substituents is 1. The van der Waals surface area contributed by atoms with Crippen molar-refractivity contribution in [2.45, 2.75) is 12.0 Å². The summed E-state index contributed by atoms with van der Waals surface area (Å²) in [5, 5.41) is 21.4. The molecule has 0 bridgehead atoms. The standard InChI is InChI=1S/C22H22O7/c1-10-19-14(8-27-10)21(23)13-7-16-15(28-9-29-16)6-12(13)20(19)11-4-17(25-2)22(24)18(5-11)26-3/h4-7,14,19-21,23-24H,1,8-9H2,2-3H3/t14-,19-,20+,21+/m0/s1. The lowest BCUT2D eigenvalue weighted by atomic mass is 9.65. The molecule has 2 aromatic carbocycles. The van der Waals surface area contributed by atoms with Crippen LogP contribution in [0.4, 0.5) is 0 Å². The first-order valence-corrected chi connectivity index (χ1v) is 9.41. The van der Waals surface area contributed by atoms with Gasteiger partial charge in [0.05, 0.1) is 32.7 Å². The Morgan fingerprint density at radius 1 is 0.966 bits per heavy atom. The number of methoxy groups -OCH3 is 2. The van der Waals surface area contributed by atoms with Crippen molar-refractivity contribution in [3.05, 3.63) is 53.3 Å². The lowest BCUT2D eigenvalue weighted by Crippen LogP contribution is -2.32. The molecule has 2 heterocycles. The number of fused-ring (bicyclic) bond motifs is 3. The minimum Gasteiger partial charge on any atom is -0.502 e.